The van der Waals surface area contributed by atoms with E-state index in [4.69, 9.17) is 9.72 Å². The van der Waals surface area contributed by atoms with Crippen LogP contribution in [0, 0.1) is 13.8 Å². The number of aromatic nitrogens is 1. The van der Waals surface area contributed by atoms with Crippen molar-refractivity contribution in [1.29, 1.82) is 0 Å². The molecule has 1 aromatic heterocycles. The Morgan fingerprint density at radius 2 is 1.82 bits per heavy atom. The van der Waals surface area contributed by atoms with E-state index in [0.717, 1.165) is 54.9 Å². The Morgan fingerprint density at radius 1 is 1.03 bits per heavy atom. The number of amides is 2. The topological polar surface area (TPSA) is 86.8 Å². The van der Waals surface area contributed by atoms with Crippen molar-refractivity contribution in [3.63, 3.8) is 0 Å². The van der Waals surface area contributed by atoms with Crippen LogP contribution in [0.25, 0.3) is 10.9 Å². The molecule has 0 spiro atoms. The molecule has 1 aliphatic rings. The van der Waals surface area contributed by atoms with Crippen LogP contribution in [0.2, 0.25) is 0 Å². The predicted molar refractivity (Wildman–Crippen MR) is 154 cm³/mol. The van der Waals surface area contributed by atoms with E-state index in [-0.39, 0.29) is 24.7 Å². The smallest absolute Gasteiger partial charge is 0.224 e. The summed E-state index contributed by atoms with van der Waals surface area (Å²) >= 11 is 0. The number of rotatable bonds is 11. The van der Waals surface area contributed by atoms with E-state index in [2.05, 4.69) is 71.5 Å². The molecule has 0 saturated carbocycles. The van der Waals surface area contributed by atoms with Crippen LogP contribution in [0.15, 0.2) is 48.5 Å². The lowest BCUT2D eigenvalue weighted by molar-refractivity contribution is -0.124. The molecule has 0 atom stereocenters. The number of carbonyl (C=O) groups is 2. The van der Waals surface area contributed by atoms with Gasteiger partial charge in [-0.15, -0.1) is 0 Å². The van der Waals surface area contributed by atoms with Gasteiger partial charge < -0.3 is 25.2 Å². The van der Waals surface area contributed by atoms with Gasteiger partial charge in [-0.3, -0.25) is 9.59 Å². The van der Waals surface area contributed by atoms with Crippen molar-refractivity contribution >= 4 is 39.9 Å². The van der Waals surface area contributed by atoms with Crippen molar-refractivity contribution in [2.45, 2.75) is 40.0 Å². The zero-order valence-electron chi connectivity index (χ0n) is 22.8. The molecule has 38 heavy (non-hydrogen) atoms. The lowest BCUT2D eigenvalue weighted by atomic mass is 10.1. The van der Waals surface area contributed by atoms with Crippen LogP contribution in [0.1, 0.15) is 37.3 Å². The molecule has 0 radical (unpaired) electrons. The number of morpholine rings is 1. The minimum atomic E-state index is -0.174. The molecule has 4 rings (SSSR count). The van der Waals surface area contributed by atoms with Crippen LogP contribution in [0.4, 0.5) is 17.2 Å². The highest BCUT2D eigenvalue weighted by atomic mass is 16.5. The lowest BCUT2D eigenvalue weighted by Crippen LogP contribution is -2.36. The van der Waals surface area contributed by atoms with Crippen LogP contribution in [-0.4, -0.2) is 62.7 Å². The van der Waals surface area contributed by atoms with E-state index >= 15 is 0 Å². The molecule has 1 saturated heterocycles. The van der Waals surface area contributed by atoms with Crippen molar-refractivity contribution in [1.82, 2.24) is 10.3 Å². The third-order valence-corrected chi connectivity index (χ3v) is 6.88. The van der Waals surface area contributed by atoms with Crippen LogP contribution in [0.3, 0.4) is 0 Å². The quantitative estimate of drug-likeness (QED) is 0.366. The maximum absolute atomic E-state index is 12.5. The second-order valence-electron chi connectivity index (χ2n) is 9.80. The van der Waals surface area contributed by atoms with E-state index in [9.17, 15) is 9.59 Å². The number of hydrogen-bond acceptors (Lipinski definition) is 6. The van der Waals surface area contributed by atoms with E-state index in [0.29, 0.717) is 25.4 Å². The monoisotopic (exact) mass is 517 g/mol. The molecule has 2 N–H and O–H groups in total. The molecule has 2 aromatic carbocycles. The van der Waals surface area contributed by atoms with Crippen LogP contribution >= 0.6 is 0 Å². The predicted octanol–water partition coefficient (Wildman–Crippen LogP) is 4.44. The number of anilines is 3. The fourth-order valence-electron chi connectivity index (χ4n) is 4.74. The maximum Gasteiger partial charge on any atom is 0.224 e. The molecule has 0 bridgehead atoms. The first-order chi connectivity index (χ1) is 18.4. The van der Waals surface area contributed by atoms with Gasteiger partial charge in [0.15, 0.2) is 0 Å². The van der Waals surface area contributed by atoms with Gasteiger partial charge in [0.05, 0.1) is 18.7 Å². The maximum atomic E-state index is 12.5. The minimum absolute atomic E-state index is 0.104. The minimum Gasteiger partial charge on any atom is -0.378 e. The first-order valence-corrected chi connectivity index (χ1v) is 13.5. The Kier molecular flexibility index (Phi) is 9.54. The number of benzene rings is 2. The van der Waals surface area contributed by atoms with Gasteiger partial charge in [0.25, 0.3) is 0 Å². The Hall–Kier alpha value is -3.65. The second-order valence-corrected chi connectivity index (χ2v) is 9.80. The Labute approximate surface area is 225 Å². The van der Waals surface area contributed by atoms with Gasteiger partial charge in [0.2, 0.25) is 11.8 Å². The fraction of sp³-hybridized carbons (Fsp3) is 0.433. The van der Waals surface area contributed by atoms with Gasteiger partial charge in [-0.05, 0) is 74.7 Å². The third kappa shape index (κ3) is 7.44. The molecule has 0 unspecified atom stereocenters. The standard InChI is InChI=1S/C30H39N5O3/c1-4-34(25-8-5-7-22(2)19-25)14-6-13-31-29(36)11-12-30(37)32-24-9-10-27-26(21-24)23(3)20-28(33-27)35-15-17-38-18-16-35/h5,7-10,19-21H,4,6,11-18H2,1-3H3,(H,31,36)(H,32,37). The average molecular weight is 518 g/mol. The number of fused-ring (bicyclic) bond motifs is 1. The van der Waals surface area contributed by atoms with Crippen molar-refractivity contribution in [3.05, 3.63) is 59.7 Å². The zero-order valence-corrected chi connectivity index (χ0v) is 22.8. The highest BCUT2D eigenvalue weighted by molar-refractivity contribution is 5.96. The summed E-state index contributed by atoms with van der Waals surface area (Å²) in [5.41, 5.74) is 5.15. The molecular formula is C30H39N5O3. The molecule has 0 aliphatic carbocycles. The molecule has 2 heterocycles. The summed E-state index contributed by atoms with van der Waals surface area (Å²) in [6, 6.07) is 16.3. The summed E-state index contributed by atoms with van der Waals surface area (Å²) in [5.74, 6) is 0.679. The first kappa shape index (κ1) is 27.4. The fourth-order valence-corrected chi connectivity index (χ4v) is 4.74. The Morgan fingerprint density at radius 3 is 2.58 bits per heavy atom. The largest absolute Gasteiger partial charge is 0.378 e. The van der Waals surface area contributed by atoms with Gasteiger partial charge >= 0.3 is 0 Å². The summed E-state index contributed by atoms with van der Waals surface area (Å²) in [5, 5.41) is 6.87. The zero-order chi connectivity index (χ0) is 26.9. The van der Waals surface area contributed by atoms with Crippen LogP contribution in [-0.2, 0) is 14.3 Å². The highest BCUT2D eigenvalue weighted by Crippen LogP contribution is 2.26. The molecule has 8 heteroatoms. The average Bonchev–Trinajstić information content (AvgIpc) is 2.92. The summed E-state index contributed by atoms with van der Waals surface area (Å²) in [4.78, 5) is 34.1. The highest BCUT2D eigenvalue weighted by Gasteiger charge is 2.15. The van der Waals surface area contributed by atoms with E-state index in [1.807, 2.05) is 18.2 Å². The molecule has 1 fully saturated rings. The molecular weight excluding hydrogens is 478 g/mol. The number of hydrogen-bond donors (Lipinski definition) is 2. The van der Waals surface area contributed by atoms with Crippen molar-refractivity contribution < 1.29 is 14.3 Å². The third-order valence-electron chi connectivity index (χ3n) is 6.88. The summed E-state index contributed by atoms with van der Waals surface area (Å²) < 4.78 is 5.45. The molecule has 8 nitrogen and oxygen atoms in total. The van der Waals surface area contributed by atoms with Gasteiger partial charge in [-0.1, -0.05) is 12.1 Å². The van der Waals surface area contributed by atoms with E-state index < -0.39 is 0 Å². The SMILES string of the molecule is CCN(CCCNC(=O)CCC(=O)Nc1ccc2nc(N3CCOCC3)cc(C)c2c1)c1cccc(C)c1. The lowest BCUT2D eigenvalue weighted by Gasteiger charge is -2.28. The number of aryl methyl sites for hydroxylation is 2. The van der Waals surface area contributed by atoms with E-state index in [1.54, 1.807) is 0 Å². The molecule has 1 aliphatic heterocycles. The Balaban J connectivity index is 1.21. The summed E-state index contributed by atoms with van der Waals surface area (Å²) in [6.45, 7) is 11.8. The van der Waals surface area contributed by atoms with Crippen LogP contribution < -0.4 is 20.4 Å². The van der Waals surface area contributed by atoms with Gasteiger partial charge in [-0.2, -0.15) is 0 Å². The summed E-state index contributed by atoms with van der Waals surface area (Å²) in [6.07, 6.45) is 1.15. The van der Waals surface area contributed by atoms with Crippen molar-refractivity contribution in [3.8, 4) is 0 Å². The number of ether oxygens (including phenoxy) is 1. The number of pyridine rings is 1. The van der Waals surface area contributed by atoms with Crippen molar-refractivity contribution in [2.75, 3.05) is 61.1 Å². The van der Waals surface area contributed by atoms with E-state index in [1.165, 1.54) is 11.3 Å². The molecule has 2 amide bonds. The molecule has 3 aromatic rings. The van der Waals surface area contributed by atoms with Crippen LogP contribution in [0.5, 0.6) is 0 Å². The number of carbonyl (C=O) groups excluding carboxylic acids is 2. The molecule has 202 valence electrons. The first-order valence-electron chi connectivity index (χ1n) is 13.5. The normalized spacial score (nSPS) is 13.4. The number of nitrogens with zero attached hydrogens (tertiary/aromatic N) is 3. The van der Waals surface area contributed by atoms with Gasteiger partial charge in [0, 0.05) is 62.3 Å². The number of nitrogens with one attached hydrogen (secondary N) is 2. The Bertz CT molecular complexity index is 1260. The van der Waals surface area contributed by atoms with Gasteiger partial charge in [-0.25, -0.2) is 4.98 Å². The van der Waals surface area contributed by atoms with Gasteiger partial charge in [0.1, 0.15) is 5.82 Å². The summed E-state index contributed by atoms with van der Waals surface area (Å²) in [7, 11) is 0. The van der Waals surface area contributed by atoms with Crippen molar-refractivity contribution in [2.24, 2.45) is 0 Å². The second kappa shape index (κ2) is 13.2.